The molecule has 1 fully saturated rings. The van der Waals surface area contributed by atoms with Crippen molar-refractivity contribution in [3.63, 3.8) is 0 Å². The molecule has 5 rings (SSSR count). The highest BCUT2D eigenvalue weighted by Gasteiger charge is 2.53. The van der Waals surface area contributed by atoms with Crippen LogP contribution in [0.1, 0.15) is 28.9 Å². The second-order valence-corrected chi connectivity index (χ2v) is 7.19. The number of esters is 1. The van der Waals surface area contributed by atoms with Crippen LogP contribution < -0.4 is 0 Å². The molecular formula is C22H20N4O4. The zero-order valence-corrected chi connectivity index (χ0v) is 16.3. The predicted octanol–water partition coefficient (Wildman–Crippen LogP) is 3.01. The molecule has 1 unspecified atom stereocenters. The standard InChI is InChI=1S/C22H20N4O4/c1-29-21(27)20-19-17(12-23-25(19)16-10-6-3-7-11-16)18-13-24(20)22(28)26(18)30-14-15-8-4-2-5-9-15/h2-12,18,20H,13-14H2,1H3/t18-,20?/m1/s1. The lowest BCUT2D eigenvalue weighted by atomic mass is 9.98. The summed E-state index contributed by atoms with van der Waals surface area (Å²) in [5.41, 5.74) is 3.17. The number of methoxy groups -OCH3 is 1. The molecule has 1 saturated heterocycles. The number of hydrogen-bond acceptors (Lipinski definition) is 5. The Balaban J connectivity index is 1.54. The van der Waals surface area contributed by atoms with E-state index in [0.29, 0.717) is 12.2 Å². The van der Waals surface area contributed by atoms with Gasteiger partial charge in [-0.15, -0.1) is 0 Å². The number of benzene rings is 2. The summed E-state index contributed by atoms with van der Waals surface area (Å²) < 4.78 is 6.74. The fourth-order valence-corrected chi connectivity index (χ4v) is 4.08. The molecule has 2 amide bonds. The maximum Gasteiger partial charge on any atom is 0.345 e. The van der Waals surface area contributed by atoms with Crippen LogP contribution in [-0.2, 0) is 21.0 Å². The first-order valence-electron chi connectivity index (χ1n) is 9.66. The van der Waals surface area contributed by atoms with Crippen molar-refractivity contribution in [3.8, 4) is 5.69 Å². The third kappa shape index (κ3) is 2.84. The molecule has 8 nitrogen and oxygen atoms in total. The SMILES string of the molecule is COC(=O)C1c2c(cnn2-c2ccccc2)[C@H]2CN1C(=O)N2OCc1ccccc1. The maximum atomic E-state index is 13.1. The average molecular weight is 404 g/mol. The molecule has 152 valence electrons. The van der Waals surface area contributed by atoms with E-state index in [4.69, 9.17) is 9.57 Å². The maximum absolute atomic E-state index is 13.1. The van der Waals surface area contributed by atoms with E-state index in [0.717, 1.165) is 16.8 Å². The summed E-state index contributed by atoms with van der Waals surface area (Å²) in [6.45, 7) is 0.586. The van der Waals surface area contributed by atoms with Gasteiger partial charge in [0.15, 0.2) is 6.04 Å². The van der Waals surface area contributed by atoms with Gasteiger partial charge in [0.25, 0.3) is 0 Å². The Morgan fingerprint density at radius 1 is 1.10 bits per heavy atom. The lowest BCUT2D eigenvalue weighted by Gasteiger charge is -2.29. The van der Waals surface area contributed by atoms with Gasteiger partial charge in [-0.2, -0.15) is 10.2 Å². The number of hydrogen-bond donors (Lipinski definition) is 0. The predicted molar refractivity (Wildman–Crippen MR) is 106 cm³/mol. The van der Waals surface area contributed by atoms with E-state index < -0.39 is 12.0 Å². The molecule has 2 aliphatic heterocycles. The van der Waals surface area contributed by atoms with E-state index in [9.17, 15) is 9.59 Å². The quantitative estimate of drug-likeness (QED) is 0.611. The molecular weight excluding hydrogens is 384 g/mol. The van der Waals surface area contributed by atoms with Gasteiger partial charge < -0.3 is 9.64 Å². The topological polar surface area (TPSA) is 76.9 Å². The molecule has 2 aliphatic rings. The number of carbonyl (C=O) groups excluding carboxylic acids is 2. The van der Waals surface area contributed by atoms with Crippen LogP contribution in [0.5, 0.6) is 0 Å². The molecule has 8 heteroatoms. The summed E-state index contributed by atoms with van der Waals surface area (Å²) >= 11 is 0. The minimum Gasteiger partial charge on any atom is -0.467 e. The molecule has 0 spiro atoms. The first-order chi connectivity index (χ1) is 14.7. The van der Waals surface area contributed by atoms with Crippen LogP contribution >= 0.6 is 0 Å². The molecule has 3 heterocycles. The number of amides is 2. The number of carbonyl (C=O) groups is 2. The van der Waals surface area contributed by atoms with E-state index in [1.807, 2.05) is 60.7 Å². The monoisotopic (exact) mass is 404 g/mol. The highest BCUT2D eigenvalue weighted by atomic mass is 16.7. The molecule has 2 aromatic carbocycles. The second-order valence-electron chi connectivity index (χ2n) is 7.19. The summed E-state index contributed by atoms with van der Waals surface area (Å²) in [7, 11) is 1.32. The number of aromatic nitrogens is 2. The Morgan fingerprint density at radius 3 is 2.50 bits per heavy atom. The molecule has 0 N–H and O–H groups in total. The molecule has 30 heavy (non-hydrogen) atoms. The van der Waals surface area contributed by atoms with Crippen molar-refractivity contribution in [1.29, 1.82) is 0 Å². The van der Waals surface area contributed by atoms with Gasteiger partial charge in [-0.05, 0) is 17.7 Å². The van der Waals surface area contributed by atoms with Crippen molar-refractivity contribution < 1.29 is 19.2 Å². The molecule has 2 bridgehead atoms. The lowest BCUT2D eigenvalue weighted by molar-refractivity contribution is -0.146. The average Bonchev–Trinajstić information content (AvgIpc) is 3.35. The molecule has 0 saturated carbocycles. The highest BCUT2D eigenvalue weighted by Crippen LogP contribution is 2.45. The molecule has 2 atom stereocenters. The zero-order valence-electron chi connectivity index (χ0n) is 16.3. The number of rotatable bonds is 5. The Bertz CT molecular complexity index is 1080. The van der Waals surface area contributed by atoms with Crippen LogP contribution in [0.15, 0.2) is 66.9 Å². The van der Waals surface area contributed by atoms with Crippen molar-refractivity contribution in [3.05, 3.63) is 83.7 Å². The summed E-state index contributed by atoms with van der Waals surface area (Å²) in [6.07, 6.45) is 1.71. The van der Waals surface area contributed by atoms with Crippen LogP contribution in [0, 0.1) is 0 Å². The minimum atomic E-state index is -0.887. The van der Waals surface area contributed by atoms with E-state index in [1.165, 1.54) is 17.1 Å². The van der Waals surface area contributed by atoms with E-state index in [1.54, 1.807) is 10.9 Å². The number of hydroxylamine groups is 2. The second kappa shape index (κ2) is 7.31. The van der Waals surface area contributed by atoms with Gasteiger partial charge in [0, 0.05) is 5.56 Å². The smallest absolute Gasteiger partial charge is 0.345 e. The fourth-order valence-electron chi connectivity index (χ4n) is 4.08. The van der Waals surface area contributed by atoms with Gasteiger partial charge in [-0.25, -0.2) is 14.3 Å². The first-order valence-corrected chi connectivity index (χ1v) is 9.66. The summed E-state index contributed by atoms with van der Waals surface area (Å²) in [5, 5.41) is 5.87. The highest BCUT2D eigenvalue weighted by molar-refractivity contribution is 5.87. The van der Waals surface area contributed by atoms with Gasteiger partial charge in [-0.1, -0.05) is 48.5 Å². The molecule has 3 aromatic rings. The van der Waals surface area contributed by atoms with E-state index in [-0.39, 0.29) is 18.7 Å². The minimum absolute atomic E-state index is 0.252. The summed E-state index contributed by atoms with van der Waals surface area (Å²) in [5.74, 6) is -0.509. The van der Waals surface area contributed by atoms with Crippen molar-refractivity contribution >= 4 is 12.0 Å². The van der Waals surface area contributed by atoms with Crippen LogP contribution in [0.2, 0.25) is 0 Å². The number of para-hydroxylation sites is 1. The summed E-state index contributed by atoms with van der Waals surface area (Å²) in [6, 6.07) is 17.5. The van der Waals surface area contributed by atoms with Gasteiger partial charge >= 0.3 is 12.0 Å². The summed E-state index contributed by atoms with van der Waals surface area (Å²) in [4.78, 5) is 33.2. The van der Waals surface area contributed by atoms with Crippen molar-refractivity contribution in [1.82, 2.24) is 19.7 Å². The van der Waals surface area contributed by atoms with Crippen molar-refractivity contribution in [2.75, 3.05) is 13.7 Å². The third-order valence-corrected chi connectivity index (χ3v) is 5.49. The van der Waals surface area contributed by atoms with Gasteiger partial charge in [0.2, 0.25) is 0 Å². The normalized spacial score (nSPS) is 19.7. The van der Waals surface area contributed by atoms with Crippen LogP contribution in [0.4, 0.5) is 4.79 Å². The van der Waals surface area contributed by atoms with Crippen LogP contribution in [-0.4, -0.2) is 45.4 Å². The lowest BCUT2D eigenvalue weighted by Crippen LogP contribution is -2.40. The number of nitrogens with zero attached hydrogens (tertiary/aromatic N) is 4. The first kappa shape index (κ1) is 18.4. The number of urea groups is 1. The van der Waals surface area contributed by atoms with Crippen molar-refractivity contribution in [2.45, 2.75) is 18.7 Å². The van der Waals surface area contributed by atoms with E-state index >= 15 is 0 Å². The number of fused-ring (bicyclic) bond motifs is 4. The van der Waals surface area contributed by atoms with Gasteiger partial charge in [0.05, 0.1) is 31.2 Å². The van der Waals surface area contributed by atoms with Crippen molar-refractivity contribution in [2.24, 2.45) is 0 Å². The molecule has 0 aliphatic carbocycles. The van der Waals surface area contributed by atoms with Crippen LogP contribution in [0.25, 0.3) is 5.69 Å². The number of ether oxygens (including phenoxy) is 1. The van der Waals surface area contributed by atoms with Crippen LogP contribution in [0.3, 0.4) is 0 Å². The Hall–Kier alpha value is -3.65. The fraction of sp³-hybridized carbons (Fsp3) is 0.227. The largest absolute Gasteiger partial charge is 0.467 e. The van der Waals surface area contributed by atoms with Gasteiger partial charge in [0.1, 0.15) is 12.6 Å². The Labute approximate surface area is 173 Å². The molecule has 1 aromatic heterocycles. The molecule has 0 radical (unpaired) electrons. The van der Waals surface area contributed by atoms with Gasteiger partial charge in [-0.3, -0.25) is 4.84 Å². The third-order valence-electron chi connectivity index (χ3n) is 5.49. The van der Waals surface area contributed by atoms with E-state index in [2.05, 4.69) is 5.10 Å². The zero-order chi connectivity index (χ0) is 20.7. The Morgan fingerprint density at radius 2 is 1.80 bits per heavy atom. The Kier molecular flexibility index (Phi) is 4.48.